The first-order valence-corrected chi connectivity index (χ1v) is 19.4. The summed E-state index contributed by atoms with van der Waals surface area (Å²) in [7, 11) is -4.26. The van der Waals surface area contributed by atoms with Gasteiger partial charge >= 0.3 is 0 Å². The summed E-state index contributed by atoms with van der Waals surface area (Å²) in [4.78, 5) is 1.67. The molecule has 0 amide bonds. The lowest BCUT2D eigenvalue weighted by Crippen LogP contribution is -2.40. The van der Waals surface area contributed by atoms with Gasteiger partial charge in [-0.1, -0.05) is 64.3 Å². The lowest BCUT2D eigenvalue weighted by molar-refractivity contribution is 0.286. The van der Waals surface area contributed by atoms with Crippen LogP contribution in [0.15, 0.2) is 16.3 Å². The summed E-state index contributed by atoms with van der Waals surface area (Å²) in [5.74, 6) is 1.86. The first kappa shape index (κ1) is 20.0. The number of hydrogen-bond acceptors (Lipinski definition) is 1. The first-order chi connectivity index (χ1) is 9.81. The fraction of sp³-hybridized carbons (Fsp3) is 0.833. The monoisotopic (exact) mass is 354 g/mol. The van der Waals surface area contributed by atoms with E-state index in [1.165, 1.54) is 37.9 Å². The van der Waals surface area contributed by atoms with Gasteiger partial charge in [-0.05, 0) is 37.3 Å². The van der Waals surface area contributed by atoms with Gasteiger partial charge in [0.15, 0.2) is 0 Å². The molecule has 0 unspecified atom stereocenters. The van der Waals surface area contributed by atoms with E-state index in [1.54, 1.807) is 4.82 Å². The van der Waals surface area contributed by atoms with Crippen LogP contribution in [0, 0.1) is 5.92 Å². The maximum Gasteiger partial charge on any atom is 0.242 e. The van der Waals surface area contributed by atoms with E-state index in [9.17, 15) is 0 Å². The van der Waals surface area contributed by atoms with Crippen LogP contribution in [0.5, 0.6) is 0 Å². The minimum absolute atomic E-state index is 0.628. The van der Waals surface area contributed by atoms with Crippen LogP contribution in [-0.4, -0.2) is 24.5 Å². The predicted octanol–water partition coefficient (Wildman–Crippen LogP) is 6.58. The summed E-state index contributed by atoms with van der Waals surface area (Å²) in [5, 5.41) is 0. The zero-order valence-corrected chi connectivity index (χ0v) is 19.5. The summed E-state index contributed by atoms with van der Waals surface area (Å²) >= 11 is 0. The third-order valence-electron chi connectivity index (χ3n) is 4.14. The molecule has 4 heteroatoms. The zero-order chi connectivity index (χ0) is 17.2. The van der Waals surface area contributed by atoms with Crippen molar-refractivity contribution in [2.75, 3.05) is 0 Å². The van der Waals surface area contributed by atoms with Gasteiger partial charge in [-0.15, -0.1) is 0 Å². The molecule has 0 bridgehead atoms. The van der Waals surface area contributed by atoms with Crippen LogP contribution >= 0.6 is 0 Å². The quantitative estimate of drug-likeness (QED) is 0.308. The Kier molecular flexibility index (Phi) is 6.59. The first-order valence-electron chi connectivity index (χ1n) is 9.01. The largest absolute Gasteiger partial charge is 0.542 e. The molecule has 0 aromatic rings. The third-order valence-corrected chi connectivity index (χ3v) is 12.7. The van der Waals surface area contributed by atoms with Crippen LogP contribution in [0.4, 0.5) is 0 Å². The molecule has 0 aromatic heterocycles. The topological polar surface area (TPSA) is 9.23 Å². The summed E-state index contributed by atoms with van der Waals surface area (Å²) in [6, 6.07) is 0. The Hall–Kier alpha value is -0.0294. The van der Waals surface area contributed by atoms with Crippen LogP contribution in [0.3, 0.4) is 0 Å². The van der Waals surface area contributed by atoms with Gasteiger partial charge in [-0.25, -0.2) is 0 Å². The lowest BCUT2D eigenvalue weighted by Gasteiger charge is -2.32. The average molecular weight is 355 g/mol. The van der Waals surface area contributed by atoms with Crippen LogP contribution in [0.25, 0.3) is 0 Å². The van der Waals surface area contributed by atoms with E-state index >= 15 is 0 Å². The third kappa shape index (κ3) is 6.61. The maximum absolute atomic E-state index is 6.57. The average Bonchev–Trinajstić information content (AvgIpc) is 2.31. The number of hydrogen-bond donors (Lipinski definition) is 0. The highest BCUT2D eigenvalue weighted by Gasteiger charge is 2.32. The smallest absolute Gasteiger partial charge is 0.242 e. The molecule has 1 aliphatic carbocycles. The Morgan fingerprint density at radius 1 is 0.773 bits per heavy atom. The second-order valence-electron chi connectivity index (χ2n) is 9.91. The molecule has 0 spiro atoms. The molecule has 1 aliphatic rings. The molecule has 1 nitrogen and oxygen atoms in total. The Morgan fingerprint density at radius 2 is 1.23 bits per heavy atom. The molecule has 22 heavy (non-hydrogen) atoms. The zero-order valence-electron chi connectivity index (χ0n) is 16.5. The summed E-state index contributed by atoms with van der Waals surface area (Å²) in [6.07, 6.45) is 6.73. The van der Waals surface area contributed by atoms with Crippen molar-refractivity contribution in [3.8, 4) is 0 Å². The molecule has 0 heterocycles. The standard InChI is InChI=1S/C18H38OSi3/c1-20(2,3)18(21(4,5)6)15-17(19-22(7,8)9)16-13-11-10-12-14-16/h16H,10-14H2,1-9H3. The van der Waals surface area contributed by atoms with Crippen LogP contribution in [0.1, 0.15) is 32.1 Å². The molecule has 0 N–H and O–H groups in total. The lowest BCUT2D eigenvalue weighted by atomic mass is 9.88. The van der Waals surface area contributed by atoms with E-state index in [-0.39, 0.29) is 0 Å². The Bertz CT molecular complexity index is 418. The fourth-order valence-electron chi connectivity index (χ4n) is 3.53. The van der Waals surface area contributed by atoms with E-state index in [0.29, 0.717) is 5.92 Å². The molecular formula is C18H38OSi3. The van der Waals surface area contributed by atoms with Crippen LogP contribution in [0.2, 0.25) is 58.9 Å². The Morgan fingerprint density at radius 3 is 1.59 bits per heavy atom. The van der Waals surface area contributed by atoms with E-state index in [0.717, 1.165) is 0 Å². The highest BCUT2D eigenvalue weighted by molar-refractivity contribution is 7.04. The van der Waals surface area contributed by atoms with E-state index in [1.807, 2.05) is 0 Å². The van der Waals surface area contributed by atoms with Gasteiger partial charge in [0.2, 0.25) is 8.32 Å². The number of allylic oxidation sites excluding steroid dienone is 1. The van der Waals surface area contributed by atoms with Gasteiger partial charge in [0.25, 0.3) is 0 Å². The van der Waals surface area contributed by atoms with E-state index < -0.39 is 24.5 Å². The van der Waals surface area contributed by atoms with Gasteiger partial charge in [-0.2, -0.15) is 0 Å². The highest BCUT2D eigenvalue weighted by atomic mass is 28.4. The predicted molar refractivity (Wildman–Crippen MR) is 108 cm³/mol. The Balaban J connectivity index is 3.39. The molecule has 1 saturated carbocycles. The normalized spacial score (nSPS) is 17.9. The number of rotatable bonds is 5. The van der Waals surface area contributed by atoms with Crippen molar-refractivity contribution in [2.24, 2.45) is 5.92 Å². The molecule has 0 atom stereocenters. The van der Waals surface area contributed by atoms with Crippen molar-refractivity contribution in [2.45, 2.75) is 91.0 Å². The summed E-state index contributed by atoms with van der Waals surface area (Å²) in [5.41, 5.74) is 3.93. The minimum atomic E-state index is -1.57. The van der Waals surface area contributed by atoms with Crippen molar-refractivity contribution in [3.05, 3.63) is 16.3 Å². The maximum atomic E-state index is 6.57. The van der Waals surface area contributed by atoms with Gasteiger partial charge in [0.1, 0.15) is 5.76 Å². The molecule has 128 valence electrons. The molecule has 1 fully saturated rings. The van der Waals surface area contributed by atoms with Gasteiger partial charge in [0.05, 0.1) is 16.1 Å². The van der Waals surface area contributed by atoms with Crippen molar-refractivity contribution in [3.63, 3.8) is 0 Å². The van der Waals surface area contributed by atoms with Gasteiger partial charge < -0.3 is 4.43 Å². The van der Waals surface area contributed by atoms with E-state index in [4.69, 9.17) is 4.43 Å². The summed E-state index contributed by atoms with van der Waals surface area (Å²) < 4.78 is 6.57. The molecule has 0 radical (unpaired) electrons. The van der Waals surface area contributed by atoms with Crippen molar-refractivity contribution in [1.82, 2.24) is 0 Å². The van der Waals surface area contributed by atoms with Crippen LogP contribution in [-0.2, 0) is 4.43 Å². The fourth-order valence-corrected chi connectivity index (χ4v) is 14.4. The highest BCUT2D eigenvalue weighted by Crippen LogP contribution is 2.33. The minimum Gasteiger partial charge on any atom is -0.542 e. The summed E-state index contributed by atoms with van der Waals surface area (Å²) in [6.45, 7) is 21.8. The van der Waals surface area contributed by atoms with Crippen molar-refractivity contribution < 1.29 is 4.43 Å². The van der Waals surface area contributed by atoms with Crippen LogP contribution < -0.4 is 0 Å². The van der Waals surface area contributed by atoms with Crippen molar-refractivity contribution in [1.29, 1.82) is 0 Å². The molecule has 0 aromatic carbocycles. The SMILES string of the molecule is C[Si](C)(C)OC(=C=C([Si](C)(C)C)[Si](C)(C)C)C1CCCCC1. The molecule has 0 saturated heterocycles. The second-order valence-corrected chi connectivity index (χ2v) is 24.8. The van der Waals surface area contributed by atoms with E-state index in [2.05, 4.69) is 64.7 Å². The second kappa shape index (κ2) is 7.25. The molecule has 0 aliphatic heterocycles. The van der Waals surface area contributed by atoms with Crippen molar-refractivity contribution >= 4 is 24.5 Å². The van der Waals surface area contributed by atoms with Gasteiger partial charge in [-0.3, -0.25) is 0 Å². The molecule has 1 rings (SSSR count). The Labute approximate surface area is 142 Å². The molecular weight excluding hydrogens is 316 g/mol. The van der Waals surface area contributed by atoms with Gasteiger partial charge in [0, 0.05) is 5.92 Å².